The zero-order valence-corrected chi connectivity index (χ0v) is 10.1. The van der Waals surface area contributed by atoms with E-state index in [-0.39, 0.29) is 5.06 Å². The average Bonchev–Trinajstić information content (AvgIpc) is 3.00. The zero-order valence-electron chi connectivity index (χ0n) is 7.29. The van der Waals surface area contributed by atoms with Crippen molar-refractivity contribution in [1.82, 2.24) is 4.98 Å². The third-order valence-electron chi connectivity index (χ3n) is 2.18. The van der Waals surface area contributed by atoms with Crippen LogP contribution in [0.5, 0.6) is 0 Å². The summed E-state index contributed by atoms with van der Waals surface area (Å²) in [6, 6.07) is 4.15. The molecule has 0 bridgehead atoms. The summed E-state index contributed by atoms with van der Waals surface area (Å²) in [6.45, 7) is 0. The maximum absolute atomic E-state index is 11.6. The molecule has 1 aromatic rings. The van der Waals surface area contributed by atoms with Gasteiger partial charge in [-0.15, -0.1) is 0 Å². The molecule has 2 rings (SSSR count). The Labute approximate surface area is 87.1 Å². The summed E-state index contributed by atoms with van der Waals surface area (Å²) in [6.07, 6.45) is 3.83. The molecule has 1 radical (unpaired) electrons. The number of rotatable bonds is 3. The van der Waals surface area contributed by atoms with E-state index in [9.17, 15) is 5.21 Å². The quantitative estimate of drug-likeness (QED) is 0.572. The number of hydrogen-bond donors (Lipinski definition) is 1. The molecule has 3 nitrogen and oxygen atoms in total. The molecule has 0 amide bonds. The SMILES string of the molecule is [CH2]=[Sn][c]1ccc([NH+]([O-])C2CC2)cn1. The van der Waals surface area contributed by atoms with Crippen LogP contribution in [0.4, 0.5) is 5.69 Å². The summed E-state index contributed by atoms with van der Waals surface area (Å²) in [5.41, 5.74) is 0.777. The topological polar surface area (TPSA) is 40.4 Å². The van der Waals surface area contributed by atoms with Crippen LogP contribution >= 0.6 is 0 Å². The van der Waals surface area contributed by atoms with E-state index in [0.717, 1.165) is 22.2 Å². The Morgan fingerprint density at radius 2 is 2.31 bits per heavy atom. The summed E-state index contributed by atoms with van der Waals surface area (Å²) in [4.78, 5) is 4.22. The van der Waals surface area contributed by atoms with E-state index in [1.165, 1.54) is 0 Å². The Bertz CT molecular complexity index is 308. The molecule has 1 aliphatic carbocycles. The van der Waals surface area contributed by atoms with Crippen molar-refractivity contribution in [3.63, 3.8) is 0 Å². The summed E-state index contributed by atoms with van der Waals surface area (Å²) >= 11 is -0.673. The molecule has 1 fully saturated rings. The fraction of sp³-hybridized carbons (Fsp3) is 0.333. The monoisotopic (exact) mass is 283 g/mol. The van der Waals surface area contributed by atoms with Gasteiger partial charge in [0.2, 0.25) is 0 Å². The molecular weight excluding hydrogens is 271 g/mol. The van der Waals surface area contributed by atoms with E-state index in [4.69, 9.17) is 0 Å². The van der Waals surface area contributed by atoms with Gasteiger partial charge in [-0.2, -0.15) is 0 Å². The van der Waals surface area contributed by atoms with Gasteiger partial charge in [0, 0.05) is 0 Å². The Balaban J connectivity index is 2.16. The Hall–Kier alpha value is -0.261. The third kappa shape index (κ3) is 2.15. The average molecular weight is 282 g/mol. The first-order chi connectivity index (χ1) is 6.31. The maximum atomic E-state index is 11.6. The first kappa shape index (κ1) is 9.30. The number of nitrogens with zero attached hydrogens (tertiary/aromatic N) is 1. The van der Waals surface area contributed by atoms with Crippen molar-refractivity contribution >= 4 is 34.6 Å². The number of hydroxylamine groups is 1. The van der Waals surface area contributed by atoms with Crippen molar-refractivity contribution in [3.8, 4) is 0 Å². The van der Waals surface area contributed by atoms with E-state index in [1.54, 1.807) is 6.20 Å². The summed E-state index contributed by atoms with van der Waals surface area (Å²) < 4.78 is 5.01. The minimum absolute atomic E-state index is 0.272. The summed E-state index contributed by atoms with van der Waals surface area (Å²) in [7, 11) is 0. The minimum atomic E-state index is -0.673. The second kappa shape index (κ2) is 3.86. The van der Waals surface area contributed by atoms with Gasteiger partial charge in [0.05, 0.1) is 0 Å². The third-order valence-corrected chi connectivity index (χ3v) is 4.06. The van der Waals surface area contributed by atoms with Crippen LogP contribution in [-0.4, -0.2) is 36.2 Å². The van der Waals surface area contributed by atoms with Gasteiger partial charge in [0.25, 0.3) is 0 Å². The number of nitrogens with one attached hydrogen (secondary N) is 1. The molecule has 1 atom stereocenters. The number of hydrogen-bond acceptors (Lipinski definition) is 2. The normalized spacial score (nSPS) is 18.2. The molecule has 67 valence electrons. The molecule has 0 aliphatic heterocycles. The predicted molar refractivity (Wildman–Crippen MR) is 53.8 cm³/mol. The first-order valence-electron chi connectivity index (χ1n) is 4.34. The zero-order chi connectivity index (χ0) is 9.26. The Morgan fingerprint density at radius 3 is 2.77 bits per heavy atom. The fourth-order valence-corrected chi connectivity index (χ4v) is 2.24. The van der Waals surface area contributed by atoms with Gasteiger partial charge in [-0.1, -0.05) is 0 Å². The molecule has 0 spiro atoms. The van der Waals surface area contributed by atoms with E-state index < -0.39 is 20.7 Å². The van der Waals surface area contributed by atoms with Gasteiger partial charge < -0.3 is 0 Å². The van der Waals surface area contributed by atoms with Crippen LogP contribution in [-0.2, 0) is 0 Å². The number of quaternary nitrogens is 1. The predicted octanol–water partition coefficient (Wildman–Crippen LogP) is -0.980. The van der Waals surface area contributed by atoms with Crippen LogP contribution in [0.1, 0.15) is 12.8 Å². The van der Waals surface area contributed by atoms with Crippen molar-refractivity contribution in [2.24, 2.45) is 0 Å². The van der Waals surface area contributed by atoms with Gasteiger partial charge in [0.15, 0.2) is 0 Å². The Kier molecular flexibility index (Phi) is 2.76. The van der Waals surface area contributed by atoms with Crippen molar-refractivity contribution in [2.45, 2.75) is 18.9 Å². The van der Waals surface area contributed by atoms with E-state index in [0.29, 0.717) is 6.04 Å². The van der Waals surface area contributed by atoms with E-state index >= 15 is 0 Å². The summed E-state index contributed by atoms with van der Waals surface area (Å²) in [5.74, 6) is 0. The molecule has 13 heavy (non-hydrogen) atoms. The van der Waals surface area contributed by atoms with Gasteiger partial charge in [0.1, 0.15) is 0 Å². The molecule has 1 aliphatic rings. The first-order valence-corrected chi connectivity index (χ1v) is 7.79. The molecular formula is C9H11N2OSn. The van der Waals surface area contributed by atoms with Gasteiger partial charge >= 0.3 is 87.1 Å². The standard InChI is InChI=1S/C8H9N2O.CH2.Sn/c11-10(7-3-4-7)8-2-1-5-9-6-8;;/h1-2,6-7,10H,3-4H2;1H2;. The number of pyridine rings is 1. The Morgan fingerprint density at radius 1 is 1.54 bits per heavy atom. The fourth-order valence-electron chi connectivity index (χ4n) is 1.23. The van der Waals surface area contributed by atoms with Crippen LogP contribution in [0.3, 0.4) is 0 Å². The molecule has 0 saturated heterocycles. The molecule has 4 heteroatoms. The van der Waals surface area contributed by atoms with E-state index in [1.807, 2.05) is 12.1 Å². The van der Waals surface area contributed by atoms with Crippen molar-refractivity contribution in [3.05, 3.63) is 23.5 Å². The van der Waals surface area contributed by atoms with Crippen LogP contribution < -0.4 is 8.77 Å². The van der Waals surface area contributed by atoms with Gasteiger partial charge in [-0.3, -0.25) is 0 Å². The van der Waals surface area contributed by atoms with Crippen LogP contribution in [0.2, 0.25) is 0 Å². The van der Waals surface area contributed by atoms with Crippen LogP contribution in [0, 0.1) is 5.21 Å². The molecule has 1 saturated carbocycles. The van der Waals surface area contributed by atoms with Crippen LogP contribution in [0.25, 0.3) is 0 Å². The number of aromatic nitrogens is 1. The molecule has 1 aromatic heterocycles. The van der Waals surface area contributed by atoms with Crippen molar-refractivity contribution < 1.29 is 5.06 Å². The molecule has 1 heterocycles. The van der Waals surface area contributed by atoms with Crippen molar-refractivity contribution in [1.29, 1.82) is 0 Å². The van der Waals surface area contributed by atoms with Crippen molar-refractivity contribution in [2.75, 3.05) is 0 Å². The van der Waals surface area contributed by atoms with Crippen LogP contribution in [0.15, 0.2) is 18.3 Å². The molecule has 1 N–H and O–H groups in total. The van der Waals surface area contributed by atoms with Gasteiger partial charge in [-0.05, 0) is 0 Å². The second-order valence-corrected chi connectivity index (χ2v) is 5.72. The summed E-state index contributed by atoms with van der Waals surface area (Å²) in [5, 5.41) is 11.8. The van der Waals surface area contributed by atoms with E-state index in [2.05, 4.69) is 9.51 Å². The second-order valence-electron chi connectivity index (χ2n) is 3.25. The van der Waals surface area contributed by atoms with Gasteiger partial charge in [-0.25, -0.2) is 0 Å². The molecule has 0 aromatic carbocycles. The molecule has 1 unspecified atom stereocenters.